The van der Waals surface area contributed by atoms with Gasteiger partial charge in [0.1, 0.15) is 6.10 Å². The highest BCUT2D eigenvalue weighted by atomic mass is 32.1. The van der Waals surface area contributed by atoms with E-state index in [2.05, 4.69) is 10.2 Å². The van der Waals surface area contributed by atoms with Crippen molar-refractivity contribution in [3.63, 3.8) is 0 Å². The average molecular weight is 365 g/mol. The minimum Gasteiger partial charge on any atom is -0.476 e. The van der Waals surface area contributed by atoms with Crippen molar-refractivity contribution in [2.45, 2.75) is 19.3 Å². The van der Waals surface area contributed by atoms with Crippen molar-refractivity contribution >= 4 is 28.2 Å². The van der Waals surface area contributed by atoms with Gasteiger partial charge in [-0.1, -0.05) is 23.5 Å². The molecule has 1 aromatic heterocycles. The summed E-state index contributed by atoms with van der Waals surface area (Å²) >= 11 is 1.08. The molecule has 132 valence electrons. The van der Waals surface area contributed by atoms with Gasteiger partial charge < -0.3 is 14.7 Å². The molecule has 0 aliphatic carbocycles. The Kier molecular flexibility index (Phi) is 4.51. The second-order valence-electron chi connectivity index (χ2n) is 5.42. The summed E-state index contributed by atoms with van der Waals surface area (Å²) in [6.07, 6.45) is -1.61. The molecular weight excluding hydrogens is 350 g/mol. The lowest BCUT2D eigenvalue weighted by atomic mass is 10.3. The van der Waals surface area contributed by atoms with Gasteiger partial charge in [-0.25, -0.2) is 9.69 Å². The van der Waals surface area contributed by atoms with Crippen molar-refractivity contribution in [3.8, 4) is 5.75 Å². The SMILES string of the molecule is CC(Oc1ccccc1[N+](=O)[O-])c1nnc(N2C(=O)N(C)CC2O)s1. The number of aromatic nitrogens is 2. The number of β-amino-alcohol motifs (C(OH)–C–C–N with tert-alkyl or cyclic N) is 1. The second-order valence-corrected chi connectivity index (χ2v) is 6.41. The summed E-state index contributed by atoms with van der Waals surface area (Å²) in [6, 6.07) is 5.66. The minimum atomic E-state index is -0.996. The Morgan fingerprint density at radius 2 is 2.16 bits per heavy atom. The molecule has 1 aliphatic heterocycles. The number of carbonyl (C=O) groups excluding carboxylic acids is 1. The third-order valence-corrected chi connectivity index (χ3v) is 4.70. The summed E-state index contributed by atoms with van der Waals surface area (Å²) in [5.41, 5.74) is -0.147. The van der Waals surface area contributed by atoms with E-state index in [0.717, 1.165) is 16.2 Å². The Balaban J connectivity index is 1.79. The van der Waals surface area contributed by atoms with Crippen LogP contribution < -0.4 is 9.64 Å². The quantitative estimate of drug-likeness (QED) is 0.633. The highest BCUT2D eigenvalue weighted by Gasteiger charge is 2.37. The number of amides is 2. The topological polar surface area (TPSA) is 122 Å². The second kappa shape index (κ2) is 6.61. The molecule has 0 spiro atoms. The number of urea groups is 1. The van der Waals surface area contributed by atoms with Gasteiger partial charge in [0, 0.05) is 13.1 Å². The lowest BCUT2D eigenvalue weighted by molar-refractivity contribution is -0.386. The third-order valence-electron chi connectivity index (χ3n) is 3.62. The number of rotatable bonds is 5. The number of hydrogen-bond donors (Lipinski definition) is 1. The first-order valence-corrected chi connectivity index (χ1v) is 8.16. The van der Waals surface area contributed by atoms with Crippen molar-refractivity contribution in [1.29, 1.82) is 0 Å². The molecule has 10 nitrogen and oxygen atoms in total. The molecular formula is C14H15N5O5S. The van der Waals surface area contributed by atoms with E-state index in [1.54, 1.807) is 26.1 Å². The van der Waals surface area contributed by atoms with Crippen LogP contribution in [0.2, 0.25) is 0 Å². The molecule has 1 N–H and O–H groups in total. The summed E-state index contributed by atoms with van der Waals surface area (Å²) in [6.45, 7) is 1.85. The number of hydrogen-bond acceptors (Lipinski definition) is 8. The molecule has 3 rings (SSSR count). The minimum absolute atomic E-state index is 0.119. The maximum atomic E-state index is 12.0. The van der Waals surface area contributed by atoms with E-state index in [1.807, 2.05) is 0 Å². The number of benzene rings is 1. The van der Waals surface area contributed by atoms with Crippen LogP contribution in [0.3, 0.4) is 0 Å². The summed E-state index contributed by atoms with van der Waals surface area (Å²) < 4.78 is 5.63. The molecule has 25 heavy (non-hydrogen) atoms. The molecule has 1 fully saturated rings. The van der Waals surface area contributed by atoms with Gasteiger partial charge in [-0.2, -0.15) is 0 Å². The van der Waals surface area contributed by atoms with E-state index in [0.29, 0.717) is 5.01 Å². The Hall–Kier alpha value is -2.79. The fourth-order valence-corrected chi connectivity index (χ4v) is 3.22. The van der Waals surface area contributed by atoms with Crippen LogP contribution in [0.1, 0.15) is 18.0 Å². The predicted octanol–water partition coefficient (Wildman–Crippen LogP) is 1.78. The zero-order valence-corrected chi connectivity index (χ0v) is 14.2. The number of carbonyl (C=O) groups is 1. The normalized spacial score (nSPS) is 18.5. The van der Waals surface area contributed by atoms with E-state index in [9.17, 15) is 20.0 Å². The standard InChI is InChI=1S/C14H15N5O5S/c1-8(24-10-6-4-3-5-9(10)19(22)23)12-15-16-13(25-12)18-11(20)7-17(2)14(18)21/h3-6,8,11,20H,7H2,1-2H3. The van der Waals surface area contributed by atoms with Gasteiger partial charge in [-0.15, -0.1) is 10.2 Å². The highest BCUT2D eigenvalue weighted by Crippen LogP contribution is 2.34. The zero-order chi connectivity index (χ0) is 18.1. The number of nitro groups is 1. The molecule has 2 amide bonds. The molecule has 2 atom stereocenters. The molecule has 1 aromatic carbocycles. The van der Waals surface area contributed by atoms with Crippen LogP contribution in [0, 0.1) is 10.1 Å². The molecule has 1 saturated heterocycles. The summed E-state index contributed by atoms with van der Waals surface area (Å²) in [5.74, 6) is 0.119. The maximum absolute atomic E-state index is 12.0. The summed E-state index contributed by atoms with van der Waals surface area (Å²) in [4.78, 5) is 25.1. The average Bonchev–Trinajstić information content (AvgIpc) is 3.13. The number of nitrogens with zero attached hydrogens (tertiary/aromatic N) is 5. The maximum Gasteiger partial charge on any atom is 0.328 e. The first kappa shape index (κ1) is 17.0. The number of aliphatic hydroxyl groups is 1. The van der Waals surface area contributed by atoms with Gasteiger partial charge in [0.2, 0.25) is 5.13 Å². The van der Waals surface area contributed by atoms with Crippen LogP contribution >= 0.6 is 11.3 Å². The number of para-hydroxylation sites is 2. The van der Waals surface area contributed by atoms with Crippen molar-refractivity contribution in [3.05, 3.63) is 39.4 Å². The third kappa shape index (κ3) is 3.23. The van der Waals surface area contributed by atoms with Crippen LogP contribution in [-0.4, -0.2) is 51.0 Å². The Morgan fingerprint density at radius 3 is 2.80 bits per heavy atom. The van der Waals surface area contributed by atoms with Crippen molar-refractivity contribution in [1.82, 2.24) is 15.1 Å². The Labute approximate surface area is 146 Å². The molecule has 0 radical (unpaired) electrons. The first-order valence-electron chi connectivity index (χ1n) is 7.34. The van der Waals surface area contributed by atoms with E-state index < -0.39 is 17.3 Å². The monoisotopic (exact) mass is 365 g/mol. The van der Waals surface area contributed by atoms with E-state index in [1.165, 1.54) is 17.0 Å². The highest BCUT2D eigenvalue weighted by molar-refractivity contribution is 7.15. The van der Waals surface area contributed by atoms with Gasteiger partial charge in [0.15, 0.2) is 17.0 Å². The number of aliphatic hydroxyl groups excluding tert-OH is 1. The van der Waals surface area contributed by atoms with E-state index in [-0.39, 0.29) is 29.1 Å². The molecule has 2 aromatic rings. The summed E-state index contributed by atoms with van der Waals surface area (Å²) in [5, 5.41) is 29.6. The number of ether oxygens (including phenoxy) is 1. The fraction of sp³-hybridized carbons (Fsp3) is 0.357. The first-order chi connectivity index (χ1) is 11.9. The van der Waals surface area contributed by atoms with Crippen molar-refractivity contribution in [2.24, 2.45) is 0 Å². The van der Waals surface area contributed by atoms with Gasteiger partial charge in [-0.3, -0.25) is 10.1 Å². The molecule has 0 bridgehead atoms. The molecule has 0 saturated carbocycles. The van der Waals surface area contributed by atoms with Gasteiger partial charge in [0.05, 0.1) is 11.5 Å². The zero-order valence-electron chi connectivity index (χ0n) is 13.4. The van der Waals surface area contributed by atoms with E-state index >= 15 is 0 Å². The Bertz CT molecular complexity index is 812. The van der Waals surface area contributed by atoms with Crippen LogP contribution in [0.5, 0.6) is 5.75 Å². The summed E-state index contributed by atoms with van der Waals surface area (Å²) in [7, 11) is 1.58. The lowest BCUT2D eigenvalue weighted by Crippen LogP contribution is -2.34. The Morgan fingerprint density at radius 1 is 1.44 bits per heavy atom. The van der Waals surface area contributed by atoms with Crippen molar-refractivity contribution < 1.29 is 19.6 Å². The van der Waals surface area contributed by atoms with Crippen LogP contribution in [0.15, 0.2) is 24.3 Å². The van der Waals surface area contributed by atoms with Crippen LogP contribution in [-0.2, 0) is 0 Å². The van der Waals surface area contributed by atoms with E-state index in [4.69, 9.17) is 4.74 Å². The largest absolute Gasteiger partial charge is 0.476 e. The molecule has 2 heterocycles. The molecule has 1 aliphatic rings. The fourth-order valence-electron chi connectivity index (χ4n) is 2.36. The predicted molar refractivity (Wildman–Crippen MR) is 88.6 cm³/mol. The molecule has 2 unspecified atom stereocenters. The molecule has 11 heteroatoms. The lowest BCUT2D eigenvalue weighted by Gasteiger charge is -2.14. The van der Waals surface area contributed by atoms with Crippen LogP contribution in [0.25, 0.3) is 0 Å². The smallest absolute Gasteiger partial charge is 0.328 e. The number of likely N-dealkylation sites (N-methyl/N-ethyl adjacent to an activating group) is 1. The van der Waals surface area contributed by atoms with Crippen molar-refractivity contribution in [2.75, 3.05) is 18.5 Å². The number of nitro benzene ring substituents is 1. The van der Waals surface area contributed by atoms with Crippen LogP contribution in [0.4, 0.5) is 15.6 Å². The number of anilines is 1. The van der Waals surface area contributed by atoms with Gasteiger partial charge >= 0.3 is 11.7 Å². The van der Waals surface area contributed by atoms with Gasteiger partial charge in [0.25, 0.3) is 0 Å². The van der Waals surface area contributed by atoms with Gasteiger partial charge in [-0.05, 0) is 13.0 Å².